The first-order chi connectivity index (χ1) is 12.5. The second-order valence-corrected chi connectivity index (χ2v) is 7.63. The number of hydrogen-bond donors (Lipinski definition) is 0. The molecule has 0 radical (unpaired) electrons. The molecular formula is C21H23N3OS. The zero-order chi connectivity index (χ0) is 18.7. The Hall–Kier alpha value is -2.53. The molecule has 0 saturated carbocycles. The second kappa shape index (κ2) is 7.79. The Labute approximate surface area is 158 Å². The Bertz CT molecular complexity index is 917. The van der Waals surface area contributed by atoms with E-state index in [1.807, 2.05) is 55.7 Å². The van der Waals surface area contributed by atoms with E-state index in [-0.39, 0.29) is 5.91 Å². The first-order valence-electron chi connectivity index (χ1n) is 8.67. The van der Waals surface area contributed by atoms with E-state index in [1.165, 1.54) is 0 Å². The van der Waals surface area contributed by atoms with Gasteiger partial charge < -0.3 is 4.90 Å². The first kappa shape index (κ1) is 18.3. The summed E-state index contributed by atoms with van der Waals surface area (Å²) in [5.41, 5.74) is 4.55. The molecule has 0 aliphatic heterocycles. The fourth-order valence-corrected chi connectivity index (χ4v) is 3.61. The normalized spacial score (nSPS) is 11.0. The molecule has 0 aliphatic carbocycles. The van der Waals surface area contributed by atoms with Crippen molar-refractivity contribution in [1.29, 1.82) is 0 Å². The van der Waals surface area contributed by atoms with Gasteiger partial charge in [-0.1, -0.05) is 32.0 Å². The van der Waals surface area contributed by atoms with Gasteiger partial charge in [-0.2, -0.15) is 0 Å². The molecule has 26 heavy (non-hydrogen) atoms. The van der Waals surface area contributed by atoms with Crippen LogP contribution in [0, 0.1) is 6.92 Å². The minimum atomic E-state index is -0.0143. The fourth-order valence-electron chi connectivity index (χ4n) is 2.78. The summed E-state index contributed by atoms with van der Waals surface area (Å²) in [4.78, 5) is 23.6. The summed E-state index contributed by atoms with van der Waals surface area (Å²) in [5.74, 6) is 0.396. The van der Waals surface area contributed by atoms with Crippen LogP contribution in [0.15, 0.2) is 48.0 Å². The van der Waals surface area contributed by atoms with Gasteiger partial charge in [0.1, 0.15) is 0 Å². The van der Waals surface area contributed by atoms with E-state index >= 15 is 0 Å². The third kappa shape index (κ3) is 3.99. The maximum atomic E-state index is 12.8. The highest BCUT2D eigenvalue weighted by Crippen LogP contribution is 2.23. The van der Waals surface area contributed by atoms with Gasteiger partial charge in [-0.05, 0) is 30.7 Å². The van der Waals surface area contributed by atoms with Crippen molar-refractivity contribution >= 4 is 17.2 Å². The molecule has 2 heterocycles. The van der Waals surface area contributed by atoms with Crippen LogP contribution in [0.3, 0.4) is 0 Å². The molecule has 0 saturated heterocycles. The molecule has 4 nitrogen and oxygen atoms in total. The predicted octanol–water partition coefficient (Wildman–Crippen LogP) is 4.91. The standard InChI is InChI=1S/C21H23N3OS/c1-14(2)20-23-18(13-26-20)12-24(4)21(25)17-9-5-8-16(11-17)19-15(3)7-6-10-22-19/h5-11,13-14H,12H2,1-4H3. The van der Waals surface area contributed by atoms with Crippen LogP contribution in [0.2, 0.25) is 0 Å². The number of thiazole rings is 1. The molecule has 0 fully saturated rings. The second-order valence-electron chi connectivity index (χ2n) is 6.74. The van der Waals surface area contributed by atoms with Gasteiger partial charge in [0.15, 0.2) is 0 Å². The van der Waals surface area contributed by atoms with Crippen molar-refractivity contribution in [2.75, 3.05) is 7.05 Å². The Morgan fingerprint density at radius 2 is 2.04 bits per heavy atom. The molecule has 0 atom stereocenters. The summed E-state index contributed by atoms with van der Waals surface area (Å²) in [6.45, 7) is 6.79. The van der Waals surface area contributed by atoms with Gasteiger partial charge >= 0.3 is 0 Å². The van der Waals surface area contributed by atoms with Gasteiger partial charge in [0.05, 0.1) is 22.9 Å². The van der Waals surface area contributed by atoms with Crippen LogP contribution in [-0.2, 0) is 6.54 Å². The van der Waals surface area contributed by atoms with Gasteiger partial charge in [-0.15, -0.1) is 11.3 Å². The van der Waals surface area contributed by atoms with Crippen molar-refractivity contribution in [2.45, 2.75) is 33.2 Å². The Balaban J connectivity index is 1.79. The van der Waals surface area contributed by atoms with Crippen LogP contribution in [0.25, 0.3) is 11.3 Å². The summed E-state index contributed by atoms with van der Waals surface area (Å²) in [6.07, 6.45) is 1.78. The predicted molar refractivity (Wildman–Crippen MR) is 106 cm³/mol. The lowest BCUT2D eigenvalue weighted by Crippen LogP contribution is -2.26. The van der Waals surface area contributed by atoms with Crippen molar-refractivity contribution in [1.82, 2.24) is 14.9 Å². The zero-order valence-electron chi connectivity index (χ0n) is 15.6. The lowest BCUT2D eigenvalue weighted by atomic mass is 10.0. The number of aryl methyl sites for hydroxylation is 1. The number of nitrogens with zero attached hydrogens (tertiary/aromatic N) is 3. The molecule has 134 valence electrons. The van der Waals surface area contributed by atoms with E-state index in [1.54, 1.807) is 22.4 Å². The van der Waals surface area contributed by atoms with Gasteiger partial charge in [-0.3, -0.25) is 9.78 Å². The Morgan fingerprint density at radius 3 is 2.73 bits per heavy atom. The van der Waals surface area contributed by atoms with E-state index < -0.39 is 0 Å². The number of rotatable bonds is 5. The highest BCUT2D eigenvalue weighted by atomic mass is 32.1. The minimum absolute atomic E-state index is 0.0143. The maximum Gasteiger partial charge on any atom is 0.253 e. The Kier molecular flexibility index (Phi) is 5.47. The quantitative estimate of drug-likeness (QED) is 0.645. The molecule has 0 aliphatic rings. The number of aromatic nitrogens is 2. The number of amides is 1. The number of hydrogen-bond acceptors (Lipinski definition) is 4. The average Bonchev–Trinajstić information content (AvgIpc) is 3.10. The van der Waals surface area contributed by atoms with E-state index in [9.17, 15) is 4.79 Å². The van der Waals surface area contributed by atoms with Crippen molar-refractivity contribution < 1.29 is 4.79 Å². The van der Waals surface area contributed by atoms with Crippen LogP contribution in [0.5, 0.6) is 0 Å². The van der Waals surface area contributed by atoms with Crippen LogP contribution in [0.4, 0.5) is 0 Å². The third-order valence-electron chi connectivity index (χ3n) is 4.20. The molecule has 0 unspecified atom stereocenters. The van der Waals surface area contributed by atoms with Gasteiger partial charge in [0, 0.05) is 35.7 Å². The SMILES string of the molecule is Cc1cccnc1-c1cccc(C(=O)N(C)Cc2csc(C(C)C)n2)c1. The summed E-state index contributed by atoms with van der Waals surface area (Å²) >= 11 is 1.65. The first-order valence-corrected chi connectivity index (χ1v) is 9.55. The Morgan fingerprint density at radius 1 is 1.23 bits per heavy atom. The molecule has 5 heteroatoms. The van der Waals surface area contributed by atoms with Gasteiger partial charge in [0.25, 0.3) is 5.91 Å². The summed E-state index contributed by atoms with van der Waals surface area (Å²) in [5, 5.41) is 3.14. The van der Waals surface area contributed by atoms with Crippen molar-refractivity contribution in [3.8, 4) is 11.3 Å². The van der Waals surface area contributed by atoms with Crippen molar-refractivity contribution in [2.24, 2.45) is 0 Å². The molecule has 3 rings (SSSR count). The number of carbonyl (C=O) groups is 1. The van der Waals surface area contributed by atoms with Crippen LogP contribution >= 0.6 is 11.3 Å². The van der Waals surface area contributed by atoms with Crippen molar-refractivity contribution in [3.63, 3.8) is 0 Å². The van der Waals surface area contributed by atoms with E-state index in [0.29, 0.717) is 18.0 Å². The lowest BCUT2D eigenvalue weighted by molar-refractivity contribution is 0.0783. The third-order valence-corrected chi connectivity index (χ3v) is 5.40. The molecule has 3 aromatic rings. The molecule has 0 N–H and O–H groups in total. The smallest absolute Gasteiger partial charge is 0.253 e. The van der Waals surface area contributed by atoms with Crippen LogP contribution in [-0.4, -0.2) is 27.8 Å². The molecule has 2 aromatic heterocycles. The number of pyridine rings is 1. The summed E-state index contributed by atoms with van der Waals surface area (Å²) in [7, 11) is 1.81. The fraction of sp³-hybridized carbons (Fsp3) is 0.286. The monoisotopic (exact) mass is 365 g/mol. The molecular weight excluding hydrogens is 342 g/mol. The summed E-state index contributed by atoms with van der Waals surface area (Å²) < 4.78 is 0. The van der Waals surface area contributed by atoms with Gasteiger partial charge in [0.2, 0.25) is 0 Å². The highest BCUT2D eigenvalue weighted by Gasteiger charge is 2.15. The average molecular weight is 366 g/mol. The molecule has 0 spiro atoms. The van der Waals surface area contributed by atoms with Crippen molar-refractivity contribution in [3.05, 3.63) is 69.8 Å². The highest BCUT2D eigenvalue weighted by molar-refractivity contribution is 7.09. The van der Waals surface area contributed by atoms with Crippen LogP contribution < -0.4 is 0 Å². The minimum Gasteiger partial charge on any atom is -0.336 e. The van der Waals surface area contributed by atoms with E-state index in [2.05, 4.69) is 23.8 Å². The number of carbonyl (C=O) groups excluding carboxylic acids is 1. The van der Waals surface area contributed by atoms with Gasteiger partial charge in [-0.25, -0.2) is 4.98 Å². The lowest BCUT2D eigenvalue weighted by Gasteiger charge is -2.16. The van der Waals surface area contributed by atoms with Crippen LogP contribution in [0.1, 0.15) is 46.4 Å². The molecule has 1 amide bonds. The topological polar surface area (TPSA) is 46.1 Å². The molecule has 1 aromatic carbocycles. The molecule has 0 bridgehead atoms. The largest absolute Gasteiger partial charge is 0.336 e. The zero-order valence-corrected chi connectivity index (χ0v) is 16.4. The summed E-state index contributed by atoms with van der Waals surface area (Å²) in [6, 6.07) is 11.6. The number of benzene rings is 1. The maximum absolute atomic E-state index is 12.8. The van der Waals surface area contributed by atoms with E-state index in [0.717, 1.165) is 27.5 Å². The van der Waals surface area contributed by atoms with E-state index in [4.69, 9.17) is 0 Å².